The minimum absolute atomic E-state index is 0.124. The first-order chi connectivity index (χ1) is 25.6. The number of ether oxygens (including phenoxy) is 2. The van der Waals surface area contributed by atoms with Crippen molar-refractivity contribution >= 4 is 25.7 Å². The molecule has 0 aromatic rings. The number of hydrogen-bond acceptors (Lipinski definition) is 9. The summed E-state index contributed by atoms with van der Waals surface area (Å²) in [6.07, 6.45) is 39.5. The van der Waals surface area contributed by atoms with E-state index in [1.165, 1.54) is 83.1 Å². The fourth-order valence-electron chi connectivity index (χ4n) is 5.17. The normalized spacial score (nSPS) is 14.3. The maximum absolute atomic E-state index is 12.6. The molecular formula is C41H72NO10P. The molecule has 11 nitrogen and oxygen atoms in total. The molecule has 53 heavy (non-hydrogen) atoms. The Kier molecular flexibility index (Phi) is 34.7. The predicted octanol–water partition coefficient (Wildman–Crippen LogP) is 10.2. The fourth-order valence-corrected chi connectivity index (χ4v) is 5.95. The summed E-state index contributed by atoms with van der Waals surface area (Å²) in [5, 5.41) is 8.86. The standard InChI is InChI=1S/C41H72NO10P/c1-3-5-7-9-11-13-15-17-19-21-22-24-26-28-30-32-39(43)49-34-37(35-50-53(47,48)51-36-38(42)41(45)46)52-40(44)33-31-29-27-25-23-20-18-16-14-12-10-8-6-4-2/h10,12,16,18,26,28,30,32,37-38H,3-9,11,13-15,17,19-25,27,29,31,33-36,42H2,1-2H3,(H,45,46)(H,47,48)/b12-10+,18-16+,28-26+,32-30+/t37-,38+/m1/s1. The first kappa shape index (κ1) is 50.4. The van der Waals surface area contributed by atoms with Crippen molar-refractivity contribution in [1.82, 2.24) is 0 Å². The van der Waals surface area contributed by atoms with Gasteiger partial charge in [-0.1, -0.05) is 153 Å². The van der Waals surface area contributed by atoms with E-state index in [0.717, 1.165) is 57.8 Å². The number of carboxylic acids is 1. The average molecular weight is 770 g/mol. The van der Waals surface area contributed by atoms with Crippen LogP contribution in [0.3, 0.4) is 0 Å². The third kappa shape index (κ3) is 36.2. The second-order valence-corrected chi connectivity index (χ2v) is 14.9. The van der Waals surface area contributed by atoms with E-state index in [2.05, 4.69) is 42.7 Å². The zero-order valence-corrected chi connectivity index (χ0v) is 33.7. The molecule has 0 bridgehead atoms. The first-order valence-electron chi connectivity index (χ1n) is 20.2. The van der Waals surface area contributed by atoms with Gasteiger partial charge in [-0.2, -0.15) is 0 Å². The third-order valence-corrected chi connectivity index (χ3v) is 9.35. The highest BCUT2D eigenvalue weighted by molar-refractivity contribution is 7.47. The highest BCUT2D eigenvalue weighted by atomic mass is 31.2. The van der Waals surface area contributed by atoms with Crippen molar-refractivity contribution in [3.8, 4) is 0 Å². The van der Waals surface area contributed by atoms with Crippen molar-refractivity contribution < 1.29 is 47.5 Å². The summed E-state index contributed by atoms with van der Waals surface area (Å²) >= 11 is 0. The second kappa shape index (κ2) is 36.4. The van der Waals surface area contributed by atoms with Crippen molar-refractivity contribution in [2.45, 2.75) is 174 Å². The summed E-state index contributed by atoms with van der Waals surface area (Å²) in [6, 6.07) is -1.53. The van der Waals surface area contributed by atoms with Crippen LogP contribution in [0.1, 0.15) is 162 Å². The maximum atomic E-state index is 12.6. The van der Waals surface area contributed by atoms with E-state index in [1.54, 1.807) is 12.2 Å². The molecule has 0 aliphatic heterocycles. The molecule has 12 heteroatoms. The van der Waals surface area contributed by atoms with Crippen LogP contribution in [0.2, 0.25) is 0 Å². The molecule has 3 atom stereocenters. The molecule has 0 aromatic heterocycles. The maximum Gasteiger partial charge on any atom is 0.472 e. The molecule has 0 rings (SSSR count). The number of aliphatic carboxylic acids is 1. The lowest BCUT2D eigenvalue weighted by Crippen LogP contribution is -2.34. The number of unbranched alkanes of at least 4 members (excludes halogenated alkanes) is 18. The number of esters is 2. The molecule has 0 saturated carbocycles. The van der Waals surface area contributed by atoms with Gasteiger partial charge in [0.25, 0.3) is 0 Å². The SMILES string of the molecule is CCCC/C=C/C/C=C/CCCCCCCC(=O)O[C@H](COC(=O)/C=C/C=C/CCCCCCCCCCCCC)COP(=O)(O)OC[C@H](N)C(=O)O. The molecule has 0 aliphatic carbocycles. The molecule has 0 fully saturated rings. The van der Waals surface area contributed by atoms with Gasteiger partial charge < -0.3 is 25.2 Å². The smallest absolute Gasteiger partial charge is 0.472 e. The van der Waals surface area contributed by atoms with Gasteiger partial charge in [0, 0.05) is 12.5 Å². The number of carboxylic acid groups (broad SMARTS) is 1. The fraction of sp³-hybridized carbons (Fsp3) is 0.732. The van der Waals surface area contributed by atoms with Crippen molar-refractivity contribution in [3.05, 3.63) is 48.6 Å². The number of phosphoric ester groups is 1. The topological polar surface area (TPSA) is 172 Å². The Labute approximate surface area is 320 Å². The molecule has 0 aliphatic rings. The molecule has 0 heterocycles. The summed E-state index contributed by atoms with van der Waals surface area (Å²) in [6.45, 7) is 2.61. The molecule has 1 unspecified atom stereocenters. The Bertz CT molecular complexity index is 1090. The zero-order chi connectivity index (χ0) is 39.3. The number of carbonyl (C=O) groups excluding carboxylic acids is 2. The van der Waals surface area contributed by atoms with Crippen LogP contribution in [0, 0.1) is 0 Å². The highest BCUT2D eigenvalue weighted by Gasteiger charge is 2.28. The first-order valence-corrected chi connectivity index (χ1v) is 21.7. The Hall–Kier alpha value is -2.56. The van der Waals surface area contributed by atoms with Crippen molar-refractivity contribution in [2.24, 2.45) is 5.73 Å². The molecule has 0 radical (unpaired) electrons. The number of allylic oxidation sites excluding steroid dienone is 7. The second-order valence-electron chi connectivity index (χ2n) is 13.5. The van der Waals surface area contributed by atoms with Gasteiger partial charge in [0.2, 0.25) is 0 Å². The molecule has 0 aromatic carbocycles. The minimum Gasteiger partial charge on any atom is -0.480 e. The largest absolute Gasteiger partial charge is 0.480 e. The van der Waals surface area contributed by atoms with Crippen molar-refractivity contribution in [3.63, 3.8) is 0 Å². The van der Waals surface area contributed by atoms with Gasteiger partial charge in [0.05, 0.1) is 13.2 Å². The lowest BCUT2D eigenvalue weighted by Gasteiger charge is -2.20. The molecular weight excluding hydrogens is 697 g/mol. The highest BCUT2D eigenvalue weighted by Crippen LogP contribution is 2.43. The third-order valence-electron chi connectivity index (χ3n) is 8.40. The number of nitrogens with two attached hydrogens (primary N) is 1. The van der Waals surface area contributed by atoms with Crippen LogP contribution >= 0.6 is 7.82 Å². The van der Waals surface area contributed by atoms with Gasteiger partial charge in [0.15, 0.2) is 6.10 Å². The number of phosphoric acid groups is 1. The summed E-state index contributed by atoms with van der Waals surface area (Å²) in [4.78, 5) is 45.7. The molecule has 0 saturated heterocycles. The Morgan fingerprint density at radius 2 is 1.15 bits per heavy atom. The minimum atomic E-state index is -4.74. The van der Waals surface area contributed by atoms with Crippen molar-refractivity contribution in [1.29, 1.82) is 0 Å². The van der Waals surface area contributed by atoms with Crippen LogP contribution < -0.4 is 5.73 Å². The van der Waals surface area contributed by atoms with E-state index in [4.69, 9.17) is 24.8 Å². The van der Waals surface area contributed by atoms with E-state index in [0.29, 0.717) is 6.42 Å². The van der Waals surface area contributed by atoms with Gasteiger partial charge in [0.1, 0.15) is 12.6 Å². The van der Waals surface area contributed by atoms with Crippen LogP contribution in [-0.2, 0) is 37.5 Å². The van der Waals surface area contributed by atoms with Crippen LogP contribution in [0.5, 0.6) is 0 Å². The van der Waals surface area contributed by atoms with Gasteiger partial charge in [-0.05, 0) is 44.9 Å². The van der Waals surface area contributed by atoms with Gasteiger partial charge >= 0.3 is 25.7 Å². The van der Waals surface area contributed by atoms with E-state index >= 15 is 0 Å². The monoisotopic (exact) mass is 769 g/mol. The van der Waals surface area contributed by atoms with Crippen molar-refractivity contribution in [2.75, 3.05) is 19.8 Å². The van der Waals surface area contributed by atoms with Gasteiger partial charge in [-0.15, -0.1) is 0 Å². The molecule has 306 valence electrons. The lowest BCUT2D eigenvalue weighted by molar-refractivity contribution is -0.159. The summed E-state index contributed by atoms with van der Waals surface area (Å²) in [5.41, 5.74) is 5.31. The summed E-state index contributed by atoms with van der Waals surface area (Å²) < 4.78 is 32.4. The van der Waals surface area contributed by atoms with Gasteiger partial charge in [-0.3, -0.25) is 18.6 Å². The number of hydrogen-bond donors (Lipinski definition) is 3. The van der Waals surface area contributed by atoms with Gasteiger partial charge in [-0.25, -0.2) is 9.36 Å². The molecule has 0 amide bonds. The summed E-state index contributed by atoms with van der Waals surface area (Å²) in [5.74, 6) is -2.66. The Balaban J connectivity index is 4.54. The van der Waals surface area contributed by atoms with Crippen LogP contribution in [0.15, 0.2) is 48.6 Å². The number of carbonyl (C=O) groups is 3. The zero-order valence-electron chi connectivity index (χ0n) is 32.8. The molecule has 0 spiro atoms. The van der Waals surface area contributed by atoms with E-state index < -0.39 is 57.7 Å². The average Bonchev–Trinajstić information content (AvgIpc) is 3.13. The van der Waals surface area contributed by atoms with E-state index in [1.807, 2.05) is 6.08 Å². The summed E-state index contributed by atoms with van der Waals surface area (Å²) in [7, 11) is -4.74. The predicted molar refractivity (Wildman–Crippen MR) is 212 cm³/mol. The van der Waals surface area contributed by atoms with E-state index in [-0.39, 0.29) is 6.42 Å². The van der Waals surface area contributed by atoms with Crippen LogP contribution in [0.25, 0.3) is 0 Å². The Morgan fingerprint density at radius 1 is 0.642 bits per heavy atom. The van der Waals surface area contributed by atoms with Crippen LogP contribution in [-0.4, -0.2) is 59.9 Å². The lowest BCUT2D eigenvalue weighted by atomic mass is 10.1. The quantitative estimate of drug-likeness (QED) is 0.0137. The number of rotatable bonds is 37. The van der Waals surface area contributed by atoms with E-state index in [9.17, 15) is 23.8 Å². The molecule has 4 N–H and O–H groups in total. The van der Waals surface area contributed by atoms with Crippen LogP contribution in [0.4, 0.5) is 0 Å². The Morgan fingerprint density at radius 3 is 1.74 bits per heavy atom.